The SMILES string of the molecule is CC.CCC(NC)c1cnccn1. The molecule has 1 N–H and O–H groups in total. The Morgan fingerprint density at radius 1 is 1.38 bits per heavy atom. The number of nitrogens with one attached hydrogen (secondary N) is 1. The van der Waals surface area contributed by atoms with Crippen LogP contribution in [-0.2, 0) is 0 Å². The topological polar surface area (TPSA) is 37.8 Å². The maximum atomic E-state index is 4.20. The molecule has 0 spiro atoms. The van der Waals surface area contributed by atoms with Gasteiger partial charge in [0.05, 0.1) is 11.7 Å². The van der Waals surface area contributed by atoms with E-state index in [2.05, 4.69) is 22.2 Å². The minimum atomic E-state index is 0.337. The van der Waals surface area contributed by atoms with Crippen LogP contribution in [0.4, 0.5) is 0 Å². The molecule has 1 unspecified atom stereocenters. The standard InChI is InChI=1S/C8H13N3.C2H6/c1-3-7(9-2)8-6-10-4-5-11-8;1-2/h4-7,9H,3H2,1-2H3;1-2H3. The Balaban J connectivity index is 0.000000671. The summed E-state index contributed by atoms with van der Waals surface area (Å²) in [6.07, 6.45) is 6.24. The highest BCUT2D eigenvalue weighted by molar-refractivity contribution is 5.01. The minimum Gasteiger partial charge on any atom is -0.312 e. The van der Waals surface area contributed by atoms with E-state index in [4.69, 9.17) is 0 Å². The first kappa shape index (κ1) is 12.0. The van der Waals surface area contributed by atoms with Crippen molar-refractivity contribution >= 4 is 0 Å². The Labute approximate surface area is 80.6 Å². The number of hydrogen-bond donors (Lipinski definition) is 1. The highest BCUT2D eigenvalue weighted by Crippen LogP contribution is 2.10. The van der Waals surface area contributed by atoms with Crippen molar-refractivity contribution in [2.45, 2.75) is 33.2 Å². The second-order valence-electron chi connectivity index (χ2n) is 2.38. The van der Waals surface area contributed by atoms with Gasteiger partial charge in [-0.1, -0.05) is 20.8 Å². The average Bonchev–Trinajstić information content (AvgIpc) is 2.24. The minimum absolute atomic E-state index is 0.337. The Morgan fingerprint density at radius 3 is 2.46 bits per heavy atom. The summed E-state index contributed by atoms with van der Waals surface area (Å²) in [6, 6.07) is 0.337. The Morgan fingerprint density at radius 2 is 2.08 bits per heavy atom. The molecule has 0 bridgehead atoms. The van der Waals surface area contributed by atoms with Gasteiger partial charge >= 0.3 is 0 Å². The summed E-state index contributed by atoms with van der Waals surface area (Å²) in [7, 11) is 1.93. The fourth-order valence-corrected chi connectivity index (χ4v) is 1.05. The van der Waals surface area contributed by atoms with Crippen LogP contribution in [0.3, 0.4) is 0 Å². The van der Waals surface area contributed by atoms with Gasteiger partial charge in [0.1, 0.15) is 0 Å². The van der Waals surface area contributed by atoms with Crippen molar-refractivity contribution in [3.63, 3.8) is 0 Å². The largest absolute Gasteiger partial charge is 0.312 e. The van der Waals surface area contributed by atoms with Crippen molar-refractivity contribution in [3.8, 4) is 0 Å². The van der Waals surface area contributed by atoms with Crippen LogP contribution in [-0.4, -0.2) is 17.0 Å². The molecular weight excluding hydrogens is 162 g/mol. The molecule has 1 rings (SSSR count). The van der Waals surface area contributed by atoms with E-state index in [1.54, 1.807) is 18.6 Å². The van der Waals surface area contributed by atoms with Gasteiger partial charge in [0, 0.05) is 18.6 Å². The molecule has 0 aliphatic carbocycles. The van der Waals surface area contributed by atoms with Crippen molar-refractivity contribution in [1.82, 2.24) is 15.3 Å². The lowest BCUT2D eigenvalue weighted by molar-refractivity contribution is 0.559. The van der Waals surface area contributed by atoms with Crippen LogP contribution >= 0.6 is 0 Å². The summed E-state index contributed by atoms with van der Waals surface area (Å²) in [5.41, 5.74) is 1.01. The number of nitrogens with zero attached hydrogens (tertiary/aromatic N) is 2. The number of rotatable bonds is 3. The second kappa shape index (κ2) is 7.68. The molecule has 1 atom stereocenters. The molecule has 0 saturated carbocycles. The van der Waals surface area contributed by atoms with Crippen molar-refractivity contribution in [2.75, 3.05) is 7.05 Å². The van der Waals surface area contributed by atoms with Gasteiger partial charge in [0.25, 0.3) is 0 Å². The molecule has 3 heteroatoms. The maximum Gasteiger partial charge on any atom is 0.0755 e. The quantitative estimate of drug-likeness (QED) is 0.776. The molecule has 0 aliphatic rings. The second-order valence-corrected chi connectivity index (χ2v) is 2.38. The van der Waals surface area contributed by atoms with Gasteiger partial charge in [-0.3, -0.25) is 9.97 Å². The molecule has 0 aromatic carbocycles. The van der Waals surface area contributed by atoms with Crippen molar-refractivity contribution in [2.24, 2.45) is 0 Å². The molecule has 0 saturated heterocycles. The Bertz CT molecular complexity index is 195. The van der Waals surface area contributed by atoms with E-state index < -0.39 is 0 Å². The highest BCUT2D eigenvalue weighted by atomic mass is 14.9. The predicted octanol–water partition coefficient (Wildman–Crippen LogP) is 2.17. The van der Waals surface area contributed by atoms with E-state index in [1.807, 2.05) is 20.9 Å². The van der Waals surface area contributed by atoms with E-state index in [0.29, 0.717) is 6.04 Å². The lowest BCUT2D eigenvalue weighted by Crippen LogP contribution is -2.16. The van der Waals surface area contributed by atoms with Gasteiger partial charge in [0.15, 0.2) is 0 Å². The molecule has 74 valence electrons. The maximum absolute atomic E-state index is 4.20. The number of aromatic nitrogens is 2. The number of hydrogen-bond acceptors (Lipinski definition) is 3. The van der Waals surface area contributed by atoms with Crippen molar-refractivity contribution < 1.29 is 0 Å². The van der Waals surface area contributed by atoms with E-state index >= 15 is 0 Å². The van der Waals surface area contributed by atoms with Gasteiger partial charge in [-0.25, -0.2) is 0 Å². The lowest BCUT2D eigenvalue weighted by atomic mass is 10.2. The van der Waals surface area contributed by atoms with E-state index in [0.717, 1.165) is 12.1 Å². The summed E-state index contributed by atoms with van der Waals surface area (Å²) in [6.45, 7) is 6.12. The molecule has 0 fully saturated rings. The molecule has 1 aromatic rings. The molecular formula is C10H19N3. The monoisotopic (exact) mass is 181 g/mol. The normalized spacial score (nSPS) is 11.4. The van der Waals surface area contributed by atoms with Crippen molar-refractivity contribution in [3.05, 3.63) is 24.3 Å². The summed E-state index contributed by atoms with van der Waals surface area (Å²) in [5, 5.41) is 3.17. The third-order valence-corrected chi connectivity index (χ3v) is 1.70. The zero-order chi connectivity index (χ0) is 10.1. The first-order valence-electron chi connectivity index (χ1n) is 4.81. The van der Waals surface area contributed by atoms with E-state index in [1.165, 1.54) is 0 Å². The molecule has 0 aliphatic heterocycles. The average molecular weight is 181 g/mol. The van der Waals surface area contributed by atoms with Crippen LogP contribution < -0.4 is 5.32 Å². The Hall–Kier alpha value is -0.960. The van der Waals surface area contributed by atoms with Gasteiger partial charge in [-0.05, 0) is 13.5 Å². The van der Waals surface area contributed by atoms with Crippen LogP contribution in [0.15, 0.2) is 18.6 Å². The smallest absolute Gasteiger partial charge is 0.0755 e. The van der Waals surface area contributed by atoms with Crippen LogP contribution in [0.1, 0.15) is 38.9 Å². The zero-order valence-corrected chi connectivity index (χ0v) is 8.91. The van der Waals surface area contributed by atoms with Crippen LogP contribution in [0, 0.1) is 0 Å². The van der Waals surface area contributed by atoms with E-state index in [-0.39, 0.29) is 0 Å². The summed E-state index contributed by atoms with van der Waals surface area (Å²) >= 11 is 0. The van der Waals surface area contributed by atoms with E-state index in [9.17, 15) is 0 Å². The summed E-state index contributed by atoms with van der Waals surface area (Å²) in [5.74, 6) is 0. The predicted molar refractivity (Wildman–Crippen MR) is 55.5 cm³/mol. The molecule has 13 heavy (non-hydrogen) atoms. The third-order valence-electron chi connectivity index (χ3n) is 1.70. The molecule has 0 amide bonds. The zero-order valence-electron chi connectivity index (χ0n) is 8.91. The molecule has 1 aromatic heterocycles. The van der Waals surface area contributed by atoms with Crippen LogP contribution in [0.5, 0.6) is 0 Å². The lowest BCUT2D eigenvalue weighted by Gasteiger charge is -2.11. The van der Waals surface area contributed by atoms with Crippen molar-refractivity contribution in [1.29, 1.82) is 0 Å². The van der Waals surface area contributed by atoms with Gasteiger partial charge < -0.3 is 5.32 Å². The molecule has 3 nitrogen and oxygen atoms in total. The summed E-state index contributed by atoms with van der Waals surface area (Å²) < 4.78 is 0. The summed E-state index contributed by atoms with van der Waals surface area (Å²) in [4.78, 5) is 8.19. The molecule has 1 heterocycles. The third kappa shape index (κ3) is 3.99. The highest BCUT2D eigenvalue weighted by Gasteiger charge is 2.05. The first-order chi connectivity index (χ1) is 6.38. The molecule has 0 radical (unpaired) electrons. The van der Waals surface area contributed by atoms with Gasteiger partial charge in [-0.15, -0.1) is 0 Å². The van der Waals surface area contributed by atoms with Crippen LogP contribution in [0.25, 0.3) is 0 Å². The van der Waals surface area contributed by atoms with Gasteiger partial charge in [-0.2, -0.15) is 0 Å². The van der Waals surface area contributed by atoms with Gasteiger partial charge in [0.2, 0.25) is 0 Å². The Kier molecular flexibility index (Phi) is 7.11. The van der Waals surface area contributed by atoms with Crippen LogP contribution in [0.2, 0.25) is 0 Å². The first-order valence-corrected chi connectivity index (χ1v) is 4.81. The fraction of sp³-hybridized carbons (Fsp3) is 0.600. The fourth-order valence-electron chi connectivity index (χ4n) is 1.05.